The lowest BCUT2D eigenvalue weighted by Crippen LogP contribution is -1.95. The van der Waals surface area contributed by atoms with Gasteiger partial charge in [-0.1, -0.05) is 24.3 Å². The maximum Gasteiger partial charge on any atom is 0.139 e. The smallest absolute Gasteiger partial charge is 0.139 e. The van der Waals surface area contributed by atoms with Gasteiger partial charge in [-0.3, -0.25) is 4.98 Å². The summed E-state index contributed by atoms with van der Waals surface area (Å²) in [7, 11) is 0. The molecule has 4 aromatic rings. The third-order valence-electron chi connectivity index (χ3n) is 3.69. The van der Waals surface area contributed by atoms with Crippen molar-refractivity contribution in [2.24, 2.45) is 5.73 Å². The van der Waals surface area contributed by atoms with Crippen LogP contribution >= 0.6 is 0 Å². The predicted molar refractivity (Wildman–Crippen MR) is 84.7 cm³/mol. The first kappa shape index (κ1) is 12.1. The van der Waals surface area contributed by atoms with Crippen LogP contribution in [0, 0.1) is 0 Å². The highest BCUT2D eigenvalue weighted by Crippen LogP contribution is 2.27. The molecule has 2 aromatic heterocycles. The molecule has 2 heterocycles. The van der Waals surface area contributed by atoms with E-state index < -0.39 is 0 Å². The number of para-hydroxylation sites is 1. The molecule has 0 aliphatic heterocycles. The van der Waals surface area contributed by atoms with E-state index in [-0.39, 0.29) is 0 Å². The SMILES string of the molecule is NCc1ccc2nc(-c3ccnc4ccccc34)[nH]c2c1. The summed E-state index contributed by atoms with van der Waals surface area (Å²) >= 11 is 0. The maximum absolute atomic E-state index is 5.69. The Labute approximate surface area is 121 Å². The summed E-state index contributed by atoms with van der Waals surface area (Å²) in [6.07, 6.45) is 1.82. The monoisotopic (exact) mass is 274 g/mol. The van der Waals surface area contributed by atoms with E-state index in [1.807, 2.05) is 42.6 Å². The number of hydrogen-bond acceptors (Lipinski definition) is 3. The lowest BCUT2D eigenvalue weighted by molar-refractivity contribution is 1.07. The van der Waals surface area contributed by atoms with Gasteiger partial charge in [0.2, 0.25) is 0 Å². The van der Waals surface area contributed by atoms with Crippen LogP contribution in [-0.2, 0) is 6.54 Å². The number of aromatic nitrogens is 3. The Bertz CT molecular complexity index is 934. The van der Waals surface area contributed by atoms with Crippen LogP contribution in [0.2, 0.25) is 0 Å². The Kier molecular flexibility index (Phi) is 2.69. The zero-order valence-corrected chi connectivity index (χ0v) is 11.4. The second kappa shape index (κ2) is 4.68. The molecule has 4 nitrogen and oxygen atoms in total. The zero-order chi connectivity index (χ0) is 14.2. The van der Waals surface area contributed by atoms with Crippen LogP contribution in [0.1, 0.15) is 5.56 Å². The third kappa shape index (κ3) is 1.97. The van der Waals surface area contributed by atoms with E-state index in [2.05, 4.69) is 27.1 Å². The first-order valence-corrected chi connectivity index (χ1v) is 6.88. The van der Waals surface area contributed by atoms with E-state index in [4.69, 9.17) is 5.73 Å². The van der Waals surface area contributed by atoms with Gasteiger partial charge in [-0.25, -0.2) is 4.98 Å². The molecule has 0 fully saturated rings. The highest BCUT2D eigenvalue weighted by atomic mass is 14.9. The van der Waals surface area contributed by atoms with Crippen LogP contribution in [0.4, 0.5) is 0 Å². The van der Waals surface area contributed by atoms with Gasteiger partial charge in [0, 0.05) is 23.7 Å². The molecule has 0 bridgehead atoms. The number of pyridine rings is 1. The molecule has 0 saturated carbocycles. The number of imidazole rings is 1. The minimum absolute atomic E-state index is 0.530. The first-order valence-electron chi connectivity index (χ1n) is 6.88. The number of fused-ring (bicyclic) bond motifs is 2. The average molecular weight is 274 g/mol. The number of nitrogens with zero attached hydrogens (tertiary/aromatic N) is 2. The van der Waals surface area contributed by atoms with Gasteiger partial charge in [0.25, 0.3) is 0 Å². The van der Waals surface area contributed by atoms with Gasteiger partial charge < -0.3 is 10.7 Å². The van der Waals surface area contributed by atoms with Gasteiger partial charge in [-0.15, -0.1) is 0 Å². The molecular formula is C17H14N4. The molecule has 3 N–H and O–H groups in total. The van der Waals surface area contributed by atoms with E-state index >= 15 is 0 Å². The molecule has 0 saturated heterocycles. The topological polar surface area (TPSA) is 67.6 Å². The standard InChI is InChI=1S/C17H14N4/c18-10-11-5-6-15-16(9-11)21-17(20-15)13-7-8-19-14-4-2-1-3-12(13)14/h1-9H,10,18H2,(H,20,21). The average Bonchev–Trinajstić information content (AvgIpc) is 2.97. The number of rotatable bonds is 2. The summed E-state index contributed by atoms with van der Waals surface area (Å²) in [6, 6.07) is 16.1. The molecule has 0 aliphatic carbocycles. The summed E-state index contributed by atoms with van der Waals surface area (Å²) in [4.78, 5) is 12.5. The Hall–Kier alpha value is -2.72. The molecular weight excluding hydrogens is 260 g/mol. The summed E-state index contributed by atoms with van der Waals surface area (Å²) in [5.41, 5.74) is 10.8. The maximum atomic E-state index is 5.69. The van der Waals surface area contributed by atoms with Gasteiger partial charge in [0.15, 0.2) is 0 Å². The Morgan fingerprint density at radius 2 is 1.90 bits per heavy atom. The molecule has 0 radical (unpaired) electrons. The van der Waals surface area contributed by atoms with Crippen molar-refractivity contribution in [1.29, 1.82) is 0 Å². The lowest BCUT2D eigenvalue weighted by atomic mass is 10.1. The van der Waals surface area contributed by atoms with Gasteiger partial charge in [0.05, 0.1) is 16.6 Å². The van der Waals surface area contributed by atoms with Crippen molar-refractivity contribution < 1.29 is 0 Å². The van der Waals surface area contributed by atoms with Crippen LogP contribution in [0.25, 0.3) is 33.3 Å². The van der Waals surface area contributed by atoms with E-state index in [0.29, 0.717) is 6.54 Å². The number of nitrogens with two attached hydrogens (primary N) is 1. The summed E-state index contributed by atoms with van der Waals surface area (Å²) < 4.78 is 0. The van der Waals surface area contributed by atoms with E-state index in [0.717, 1.165) is 38.9 Å². The largest absolute Gasteiger partial charge is 0.338 e. The van der Waals surface area contributed by atoms with Gasteiger partial charge >= 0.3 is 0 Å². The molecule has 21 heavy (non-hydrogen) atoms. The molecule has 0 aliphatic rings. The van der Waals surface area contributed by atoms with Crippen molar-refractivity contribution in [2.45, 2.75) is 6.54 Å². The number of aromatic amines is 1. The minimum atomic E-state index is 0.530. The number of benzene rings is 2. The number of hydrogen-bond donors (Lipinski definition) is 2. The molecule has 4 heteroatoms. The second-order valence-electron chi connectivity index (χ2n) is 5.02. The highest BCUT2D eigenvalue weighted by Gasteiger charge is 2.09. The summed E-state index contributed by atoms with van der Waals surface area (Å²) in [6.45, 7) is 0.530. The quantitative estimate of drug-likeness (QED) is 0.589. The molecule has 0 atom stereocenters. The predicted octanol–water partition coefficient (Wildman–Crippen LogP) is 3.24. The van der Waals surface area contributed by atoms with Crippen LogP contribution < -0.4 is 5.73 Å². The van der Waals surface area contributed by atoms with E-state index in [1.54, 1.807) is 0 Å². The minimum Gasteiger partial charge on any atom is -0.338 e. The van der Waals surface area contributed by atoms with Crippen molar-refractivity contribution in [3.05, 3.63) is 60.3 Å². The molecule has 102 valence electrons. The molecule has 0 spiro atoms. The summed E-state index contributed by atoms with van der Waals surface area (Å²) in [5, 5.41) is 1.10. The highest BCUT2D eigenvalue weighted by molar-refractivity contribution is 5.94. The molecule has 0 amide bonds. The first-order chi connectivity index (χ1) is 10.3. The van der Waals surface area contributed by atoms with Crippen LogP contribution in [0.15, 0.2) is 54.7 Å². The van der Waals surface area contributed by atoms with Crippen molar-refractivity contribution >= 4 is 21.9 Å². The van der Waals surface area contributed by atoms with E-state index in [1.165, 1.54) is 0 Å². The van der Waals surface area contributed by atoms with Crippen LogP contribution in [-0.4, -0.2) is 15.0 Å². The molecule has 4 rings (SSSR count). The van der Waals surface area contributed by atoms with Crippen molar-refractivity contribution in [3.8, 4) is 11.4 Å². The fraction of sp³-hybridized carbons (Fsp3) is 0.0588. The zero-order valence-electron chi connectivity index (χ0n) is 11.4. The van der Waals surface area contributed by atoms with Crippen molar-refractivity contribution in [3.63, 3.8) is 0 Å². The summed E-state index contributed by atoms with van der Waals surface area (Å²) in [5.74, 6) is 0.859. The Balaban J connectivity index is 1.96. The van der Waals surface area contributed by atoms with Gasteiger partial charge in [-0.2, -0.15) is 0 Å². The Morgan fingerprint density at radius 3 is 2.81 bits per heavy atom. The van der Waals surface area contributed by atoms with Crippen LogP contribution in [0.5, 0.6) is 0 Å². The van der Waals surface area contributed by atoms with Crippen LogP contribution in [0.3, 0.4) is 0 Å². The lowest BCUT2D eigenvalue weighted by Gasteiger charge is -2.02. The molecule has 0 unspecified atom stereocenters. The van der Waals surface area contributed by atoms with Gasteiger partial charge in [0.1, 0.15) is 5.82 Å². The normalized spacial score (nSPS) is 11.3. The fourth-order valence-electron chi connectivity index (χ4n) is 2.61. The fourth-order valence-corrected chi connectivity index (χ4v) is 2.61. The number of H-pyrrole nitrogens is 1. The van der Waals surface area contributed by atoms with Crippen molar-refractivity contribution in [1.82, 2.24) is 15.0 Å². The molecule has 2 aromatic carbocycles. The van der Waals surface area contributed by atoms with E-state index in [9.17, 15) is 0 Å². The number of nitrogens with one attached hydrogen (secondary N) is 1. The second-order valence-corrected chi connectivity index (χ2v) is 5.02. The Morgan fingerprint density at radius 1 is 1.00 bits per heavy atom. The van der Waals surface area contributed by atoms with Crippen molar-refractivity contribution in [2.75, 3.05) is 0 Å². The third-order valence-corrected chi connectivity index (χ3v) is 3.69. The van der Waals surface area contributed by atoms with Gasteiger partial charge in [-0.05, 0) is 29.8 Å².